The molecule has 0 radical (unpaired) electrons. The van der Waals surface area contributed by atoms with Crippen molar-refractivity contribution in [2.45, 2.75) is 39.5 Å². The van der Waals surface area contributed by atoms with Gasteiger partial charge in [-0.2, -0.15) is 0 Å². The minimum Gasteiger partial charge on any atom is -0.318 e. The smallest absolute Gasteiger partial charge is 0.174 e. The number of thioether (sulfide) groups is 1. The predicted octanol–water partition coefficient (Wildman–Crippen LogP) is 5.99. The third-order valence-electron chi connectivity index (χ3n) is 4.73. The minimum absolute atomic E-state index is 0.183. The summed E-state index contributed by atoms with van der Waals surface area (Å²) < 4.78 is 2.16. The lowest BCUT2D eigenvalue weighted by Crippen LogP contribution is -2.05. The maximum absolute atomic E-state index is 12.9. The Morgan fingerprint density at radius 2 is 1.54 bits per heavy atom. The lowest BCUT2D eigenvalue weighted by Gasteiger charge is -2.10. The Bertz CT molecular complexity index is 951. The lowest BCUT2D eigenvalue weighted by atomic mass is 10.2. The number of rotatable bonds is 5. The summed E-state index contributed by atoms with van der Waals surface area (Å²) >= 11 is 1.63. The summed E-state index contributed by atoms with van der Waals surface area (Å²) in [7, 11) is 0. The van der Waals surface area contributed by atoms with Crippen LogP contribution in [0, 0.1) is 34.6 Å². The second kappa shape index (κ2) is 7.55. The summed E-state index contributed by atoms with van der Waals surface area (Å²) in [6.45, 7) is 10.3. The second-order valence-electron chi connectivity index (χ2n) is 6.94. The Morgan fingerprint density at radius 3 is 2.23 bits per heavy atom. The molecule has 2 nitrogen and oxygen atoms in total. The van der Waals surface area contributed by atoms with E-state index in [4.69, 9.17) is 0 Å². The van der Waals surface area contributed by atoms with Crippen LogP contribution in [0.4, 0.5) is 0 Å². The number of carbonyl (C=O) groups is 1. The van der Waals surface area contributed by atoms with Crippen LogP contribution in [0.5, 0.6) is 0 Å². The number of aryl methyl sites for hydroxylation is 4. The molecule has 2 aromatic carbocycles. The molecule has 0 saturated carbocycles. The fraction of sp³-hybridized carbons (Fsp3) is 0.261. The van der Waals surface area contributed by atoms with E-state index in [1.165, 1.54) is 21.6 Å². The Balaban J connectivity index is 1.83. The molecule has 134 valence electrons. The van der Waals surface area contributed by atoms with Gasteiger partial charge >= 0.3 is 0 Å². The van der Waals surface area contributed by atoms with Gasteiger partial charge in [0.25, 0.3) is 0 Å². The van der Waals surface area contributed by atoms with Crippen molar-refractivity contribution in [3.8, 4) is 5.69 Å². The second-order valence-corrected chi connectivity index (χ2v) is 7.95. The molecule has 1 aromatic heterocycles. The first-order valence-electron chi connectivity index (χ1n) is 8.86. The number of ketones is 1. The summed E-state index contributed by atoms with van der Waals surface area (Å²) in [4.78, 5) is 14.0. The molecule has 3 aromatic rings. The molecule has 1 heterocycles. The van der Waals surface area contributed by atoms with Crippen molar-refractivity contribution in [2.24, 2.45) is 0 Å². The molecule has 0 aliphatic rings. The molecule has 3 heteroatoms. The fourth-order valence-electron chi connectivity index (χ4n) is 3.22. The highest BCUT2D eigenvalue weighted by Gasteiger charge is 2.17. The number of Topliss-reactive ketones (excluding diaryl/α,β-unsaturated/α-hetero) is 1. The molecular weight excluding hydrogens is 338 g/mol. The third kappa shape index (κ3) is 3.78. The molecule has 26 heavy (non-hydrogen) atoms. The topological polar surface area (TPSA) is 22.0 Å². The number of hydrogen-bond donors (Lipinski definition) is 0. The fourth-order valence-corrected chi connectivity index (χ4v) is 4.23. The Kier molecular flexibility index (Phi) is 5.38. The highest BCUT2D eigenvalue weighted by Crippen LogP contribution is 2.27. The molecule has 0 saturated heterocycles. The van der Waals surface area contributed by atoms with E-state index in [-0.39, 0.29) is 5.78 Å². The van der Waals surface area contributed by atoms with E-state index in [9.17, 15) is 4.79 Å². The van der Waals surface area contributed by atoms with Crippen LogP contribution < -0.4 is 0 Å². The van der Waals surface area contributed by atoms with E-state index in [0.717, 1.165) is 22.6 Å². The van der Waals surface area contributed by atoms with Crippen molar-refractivity contribution in [1.29, 1.82) is 0 Å². The zero-order chi connectivity index (χ0) is 18.8. The maximum Gasteiger partial charge on any atom is 0.174 e. The molecule has 0 aliphatic carbocycles. The van der Waals surface area contributed by atoms with Crippen molar-refractivity contribution in [3.63, 3.8) is 0 Å². The van der Waals surface area contributed by atoms with Crippen LogP contribution in [0.2, 0.25) is 0 Å². The summed E-state index contributed by atoms with van der Waals surface area (Å²) in [5.74, 6) is 0.644. The van der Waals surface area contributed by atoms with Gasteiger partial charge in [-0.05, 0) is 64.4 Å². The van der Waals surface area contributed by atoms with Crippen LogP contribution in [-0.4, -0.2) is 16.1 Å². The Hall–Kier alpha value is -2.26. The van der Waals surface area contributed by atoms with Gasteiger partial charge in [0.05, 0.1) is 5.75 Å². The van der Waals surface area contributed by atoms with Crippen LogP contribution in [-0.2, 0) is 0 Å². The SMILES string of the molecule is Cc1ccc(-n2c(C)cc(C(=O)CSc3cc(C)ccc3C)c2C)cc1. The first-order chi connectivity index (χ1) is 12.4. The zero-order valence-corrected chi connectivity index (χ0v) is 16.9. The average Bonchev–Trinajstić information content (AvgIpc) is 2.91. The van der Waals surface area contributed by atoms with E-state index in [2.05, 4.69) is 74.7 Å². The summed E-state index contributed by atoms with van der Waals surface area (Å²) in [6, 6.07) is 16.8. The molecule has 3 rings (SSSR count). The number of benzene rings is 2. The first kappa shape index (κ1) is 18.5. The van der Waals surface area contributed by atoms with Crippen molar-refractivity contribution in [2.75, 3.05) is 5.75 Å². The van der Waals surface area contributed by atoms with E-state index in [1.807, 2.05) is 13.0 Å². The van der Waals surface area contributed by atoms with Gasteiger partial charge < -0.3 is 4.57 Å². The van der Waals surface area contributed by atoms with Crippen LogP contribution >= 0.6 is 11.8 Å². The van der Waals surface area contributed by atoms with Gasteiger partial charge in [0, 0.05) is 27.5 Å². The first-order valence-corrected chi connectivity index (χ1v) is 9.84. The van der Waals surface area contributed by atoms with Crippen LogP contribution in [0.3, 0.4) is 0 Å². The number of aromatic nitrogens is 1. The van der Waals surface area contributed by atoms with E-state index >= 15 is 0 Å². The van der Waals surface area contributed by atoms with Gasteiger partial charge in [-0.3, -0.25) is 4.79 Å². The van der Waals surface area contributed by atoms with Crippen molar-refractivity contribution in [1.82, 2.24) is 4.57 Å². The standard InChI is InChI=1S/C23H25NOS/c1-15-7-10-20(11-8-15)24-18(4)13-21(19(24)5)22(25)14-26-23-12-16(2)6-9-17(23)3/h6-13H,14H2,1-5H3. The molecular formula is C23H25NOS. The van der Waals surface area contributed by atoms with Crippen molar-refractivity contribution < 1.29 is 4.79 Å². The molecule has 0 unspecified atom stereocenters. The van der Waals surface area contributed by atoms with E-state index in [1.54, 1.807) is 11.8 Å². The summed E-state index contributed by atoms with van der Waals surface area (Å²) in [5.41, 5.74) is 7.70. The lowest BCUT2D eigenvalue weighted by molar-refractivity contribution is 0.102. The van der Waals surface area contributed by atoms with Gasteiger partial charge in [-0.15, -0.1) is 11.8 Å². The monoisotopic (exact) mass is 363 g/mol. The van der Waals surface area contributed by atoms with E-state index in [0.29, 0.717) is 5.75 Å². The molecule has 0 spiro atoms. The normalized spacial score (nSPS) is 11.0. The zero-order valence-electron chi connectivity index (χ0n) is 16.1. The number of carbonyl (C=O) groups excluding carboxylic acids is 1. The highest BCUT2D eigenvalue weighted by atomic mass is 32.2. The van der Waals surface area contributed by atoms with Crippen molar-refractivity contribution in [3.05, 3.63) is 82.2 Å². The largest absolute Gasteiger partial charge is 0.318 e. The molecule has 0 N–H and O–H groups in total. The minimum atomic E-state index is 0.183. The molecule has 0 amide bonds. The third-order valence-corrected chi connectivity index (χ3v) is 5.88. The number of hydrogen-bond acceptors (Lipinski definition) is 2. The summed E-state index contributed by atoms with van der Waals surface area (Å²) in [6.07, 6.45) is 0. The van der Waals surface area contributed by atoms with Crippen LogP contribution in [0.25, 0.3) is 5.69 Å². The Morgan fingerprint density at radius 1 is 0.885 bits per heavy atom. The molecule has 0 bridgehead atoms. The van der Waals surface area contributed by atoms with Crippen LogP contribution in [0.1, 0.15) is 38.4 Å². The van der Waals surface area contributed by atoms with Gasteiger partial charge in [0.1, 0.15) is 0 Å². The van der Waals surface area contributed by atoms with Crippen LogP contribution in [0.15, 0.2) is 53.4 Å². The molecule has 0 aliphatic heterocycles. The van der Waals surface area contributed by atoms with Crippen molar-refractivity contribution >= 4 is 17.5 Å². The maximum atomic E-state index is 12.9. The predicted molar refractivity (Wildman–Crippen MR) is 111 cm³/mol. The quantitative estimate of drug-likeness (QED) is 0.410. The van der Waals surface area contributed by atoms with Gasteiger partial charge in [0.15, 0.2) is 5.78 Å². The van der Waals surface area contributed by atoms with Gasteiger partial charge in [-0.25, -0.2) is 0 Å². The Labute approximate surface area is 160 Å². The van der Waals surface area contributed by atoms with Gasteiger partial charge in [-0.1, -0.05) is 35.4 Å². The summed E-state index contributed by atoms with van der Waals surface area (Å²) in [5, 5.41) is 0. The average molecular weight is 364 g/mol. The molecule has 0 fully saturated rings. The highest BCUT2D eigenvalue weighted by molar-refractivity contribution is 8.00. The number of nitrogens with zero attached hydrogens (tertiary/aromatic N) is 1. The molecule has 0 atom stereocenters. The van der Waals surface area contributed by atoms with Gasteiger partial charge in [0.2, 0.25) is 0 Å². The van der Waals surface area contributed by atoms with E-state index < -0.39 is 0 Å².